The minimum atomic E-state index is -4.70. The maximum Gasteiger partial charge on any atom is 0.397 e. The minimum Gasteiger partial charge on any atom is -0.387 e. The van der Waals surface area contributed by atoms with Crippen LogP contribution in [0.2, 0.25) is 0 Å². The number of ether oxygens (including phenoxy) is 2. The van der Waals surface area contributed by atoms with E-state index < -0.39 is 35.0 Å². The first-order valence-corrected chi connectivity index (χ1v) is 5.38. The van der Waals surface area contributed by atoms with Crippen molar-refractivity contribution >= 4 is 10.4 Å². The molecule has 1 aliphatic heterocycles. The van der Waals surface area contributed by atoms with Gasteiger partial charge in [0.25, 0.3) is 0 Å². The van der Waals surface area contributed by atoms with Crippen molar-refractivity contribution in [3.63, 3.8) is 0 Å². The lowest BCUT2D eigenvalue weighted by Crippen LogP contribution is -2.54. The fraction of sp³-hybridized carbons (Fsp3) is 1.00. The minimum absolute atomic E-state index is 0.323. The monoisotopic (exact) mass is 244 g/mol. The molecule has 0 bridgehead atoms. The van der Waals surface area contributed by atoms with E-state index in [2.05, 4.69) is 8.92 Å². The number of hydrogen-bond acceptors (Lipinski definition) is 7. The molecule has 90 valence electrons. The summed E-state index contributed by atoms with van der Waals surface area (Å²) in [4.78, 5) is 0. The Hall–Kier alpha value is -0.290. The van der Waals surface area contributed by atoms with E-state index in [0.29, 0.717) is 0 Å². The van der Waals surface area contributed by atoms with Gasteiger partial charge in [0, 0.05) is 7.11 Å². The molecule has 1 rings (SSSR count). The summed E-state index contributed by atoms with van der Waals surface area (Å²) in [7, 11) is -3.44. The normalized spacial score (nSPS) is 37.9. The van der Waals surface area contributed by atoms with Gasteiger partial charge in [0.1, 0.15) is 18.3 Å². The van der Waals surface area contributed by atoms with Gasteiger partial charge in [-0.3, -0.25) is 4.55 Å². The van der Waals surface area contributed by atoms with Crippen LogP contribution in [0.4, 0.5) is 0 Å². The Kier molecular flexibility index (Phi) is 4.00. The first-order valence-electron chi connectivity index (χ1n) is 4.01. The van der Waals surface area contributed by atoms with Gasteiger partial charge in [0.2, 0.25) is 0 Å². The van der Waals surface area contributed by atoms with Gasteiger partial charge in [0.15, 0.2) is 6.29 Å². The molecule has 2 unspecified atom stereocenters. The standard InChI is InChI=1S/C6H12O8S/c1-12-6-5(8)4(7)3(2-13-6)14-15(9,10)11/h3-8H,2H2,1H3,(H,9,10,11)/t3-,4?,5?,6-/m1/s1. The molecule has 0 aromatic rings. The van der Waals surface area contributed by atoms with Gasteiger partial charge in [-0.1, -0.05) is 0 Å². The average Bonchev–Trinajstić information content (AvgIpc) is 2.11. The van der Waals surface area contributed by atoms with E-state index in [-0.39, 0.29) is 6.61 Å². The lowest BCUT2D eigenvalue weighted by atomic mass is 10.1. The van der Waals surface area contributed by atoms with Crippen molar-refractivity contribution in [1.29, 1.82) is 0 Å². The van der Waals surface area contributed by atoms with E-state index in [4.69, 9.17) is 9.29 Å². The summed E-state index contributed by atoms with van der Waals surface area (Å²) >= 11 is 0. The van der Waals surface area contributed by atoms with Crippen molar-refractivity contribution in [2.24, 2.45) is 0 Å². The second-order valence-corrected chi connectivity index (χ2v) is 4.03. The highest BCUT2D eigenvalue weighted by molar-refractivity contribution is 7.80. The zero-order valence-corrected chi connectivity index (χ0v) is 8.62. The van der Waals surface area contributed by atoms with Crippen LogP contribution in [-0.2, 0) is 24.1 Å². The summed E-state index contributed by atoms with van der Waals surface area (Å²) < 4.78 is 42.7. The Morgan fingerprint density at radius 3 is 2.40 bits per heavy atom. The second kappa shape index (κ2) is 4.70. The Bertz CT molecular complexity index is 300. The zero-order valence-electron chi connectivity index (χ0n) is 7.81. The van der Waals surface area contributed by atoms with E-state index in [9.17, 15) is 18.6 Å². The summed E-state index contributed by atoms with van der Waals surface area (Å²) in [5.41, 5.74) is 0. The number of rotatable bonds is 3. The molecule has 4 atom stereocenters. The third-order valence-electron chi connectivity index (χ3n) is 1.91. The van der Waals surface area contributed by atoms with Crippen LogP contribution in [0, 0.1) is 0 Å². The molecule has 0 spiro atoms. The van der Waals surface area contributed by atoms with E-state index in [1.807, 2.05) is 0 Å². The zero-order chi connectivity index (χ0) is 11.6. The lowest BCUT2D eigenvalue weighted by molar-refractivity contribution is -0.257. The number of aliphatic hydroxyl groups excluding tert-OH is 2. The first-order chi connectivity index (χ1) is 6.85. The molecule has 1 fully saturated rings. The van der Waals surface area contributed by atoms with Crippen LogP contribution >= 0.6 is 0 Å². The average molecular weight is 244 g/mol. The Morgan fingerprint density at radius 2 is 1.93 bits per heavy atom. The molecule has 0 radical (unpaired) electrons. The maximum atomic E-state index is 10.4. The van der Waals surface area contributed by atoms with Crippen LogP contribution in [0.3, 0.4) is 0 Å². The van der Waals surface area contributed by atoms with Gasteiger partial charge in [-0.2, -0.15) is 8.42 Å². The molecular formula is C6H12O8S. The molecule has 3 N–H and O–H groups in total. The van der Waals surface area contributed by atoms with E-state index in [1.165, 1.54) is 7.11 Å². The molecule has 0 amide bonds. The van der Waals surface area contributed by atoms with Crippen LogP contribution in [0.15, 0.2) is 0 Å². The van der Waals surface area contributed by atoms with Crippen molar-refractivity contribution in [2.45, 2.75) is 24.6 Å². The molecule has 1 heterocycles. The van der Waals surface area contributed by atoms with E-state index >= 15 is 0 Å². The third-order valence-corrected chi connectivity index (χ3v) is 2.40. The lowest BCUT2D eigenvalue weighted by Gasteiger charge is -2.35. The summed E-state index contributed by atoms with van der Waals surface area (Å²) in [6.07, 6.45) is -5.39. The van der Waals surface area contributed by atoms with Crippen LogP contribution in [-0.4, -0.2) is 61.5 Å². The first kappa shape index (κ1) is 12.8. The second-order valence-electron chi connectivity index (χ2n) is 2.98. The fourth-order valence-electron chi connectivity index (χ4n) is 1.22. The van der Waals surface area contributed by atoms with Crippen molar-refractivity contribution in [1.82, 2.24) is 0 Å². The van der Waals surface area contributed by atoms with Crippen molar-refractivity contribution in [3.05, 3.63) is 0 Å². The topological polar surface area (TPSA) is 123 Å². The van der Waals surface area contributed by atoms with Gasteiger partial charge in [-0.05, 0) is 0 Å². The molecule has 1 aliphatic rings. The number of methoxy groups -OCH3 is 1. The van der Waals surface area contributed by atoms with Crippen LogP contribution < -0.4 is 0 Å². The van der Waals surface area contributed by atoms with Crippen molar-refractivity contribution in [2.75, 3.05) is 13.7 Å². The number of hydrogen-bond donors (Lipinski definition) is 3. The summed E-state index contributed by atoms with van der Waals surface area (Å²) in [5, 5.41) is 18.7. The summed E-state index contributed by atoms with van der Waals surface area (Å²) in [6.45, 7) is -0.323. The highest BCUT2D eigenvalue weighted by Gasteiger charge is 2.41. The van der Waals surface area contributed by atoms with Crippen molar-refractivity contribution < 1.29 is 36.8 Å². The highest BCUT2D eigenvalue weighted by Crippen LogP contribution is 2.19. The maximum absolute atomic E-state index is 10.4. The molecule has 0 saturated carbocycles. The Labute approximate surface area is 86.3 Å². The molecule has 0 aliphatic carbocycles. The largest absolute Gasteiger partial charge is 0.397 e. The predicted molar refractivity (Wildman–Crippen MR) is 45.2 cm³/mol. The van der Waals surface area contributed by atoms with Crippen molar-refractivity contribution in [3.8, 4) is 0 Å². The van der Waals surface area contributed by atoms with Gasteiger partial charge < -0.3 is 19.7 Å². The smallest absolute Gasteiger partial charge is 0.387 e. The van der Waals surface area contributed by atoms with Crippen LogP contribution in [0.5, 0.6) is 0 Å². The SMILES string of the molecule is CO[C@@H]1OC[C@@H](OS(=O)(=O)O)C(O)C1O. The highest BCUT2D eigenvalue weighted by atomic mass is 32.3. The molecule has 15 heavy (non-hydrogen) atoms. The van der Waals surface area contributed by atoms with Gasteiger partial charge >= 0.3 is 10.4 Å². The molecule has 0 aromatic carbocycles. The van der Waals surface area contributed by atoms with E-state index in [1.54, 1.807) is 0 Å². The van der Waals surface area contributed by atoms with Crippen LogP contribution in [0.1, 0.15) is 0 Å². The van der Waals surface area contributed by atoms with Gasteiger partial charge in [-0.15, -0.1) is 0 Å². The molecular weight excluding hydrogens is 232 g/mol. The summed E-state index contributed by atoms with van der Waals surface area (Å²) in [6, 6.07) is 0. The third kappa shape index (κ3) is 3.34. The van der Waals surface area contributed by atoms with Gasteiger partial charge in [0.05, 0.1) is 6.61 Å². The molecule has 8 nitrogen and oxygen atoms in total. The molecule has 0 aromatic heterocycles. The quantitative estimate of drug-likeness (QED) is 0.482. The fourth-order valence-corrected chi connectivity index (χ4v) is 1.70. The molecule has 1 saturated heterocycles. The number of aliphatic hydroxyl groups is 2. The predicted octanol–water partition coefficient (Wildman–Crippen LogP) is -2.10. The Morgan fingerprint density at radius 1 is 1.33 bits per heavy atom. The Balaban J connectivity index is 2.64. The van der Waals surface area contributed by atoms with Gasteiger partial charge in [-0.25, -0.2) is 4.18 Å². The summed E-state index contributed by atoms with van der Waals surface area (Å²) in [5.74, 6) is 0. The molecule has 9 heteroatoms. The van der Waals surface area contributed by atoms with Crippen LogP contribution in [0.25, 0.3) is 0 Å². The van der Waals surface area contributed by atoms with E-state index in [0.717, 1.165) is 0 Å².